The largest absolute Gasteiger partial charge is 0.508 e. The molecule has 1 aliphatic heterocycles. The summed E-state index contributed by atoms with van der Waals surface area (Å²) in [5.74, 6) is -0.914. The summed E-state index contributed by atoms with van der Waals surface area (Å²) in [6.07, 6.45) is 0. The number of nitrogens with one attached hydrogen (secondary N) is 1. The number of carbonyl (C=O) groups excluding carboxylic acids is 1. The predicted octanol–water partition coefficient (Wildman–Crippen LogP) is -0.00670. The quantitative estimate of drug-likeness (QED) is 0.732. The van der Waals surface area contributed by atoms with Crippen LogP contribution in [0.15, 0.2) is 23.1 Å². The van der Waals surface area contributed by atoms with Crippen molar-refractivity contribution in [1.82, 2.24) is 9.29 Å². The van der Waals surface area contributed by atoms with Gasteiger partial charge in [-0.3, -0.25) is 4.79 Å². The molecule has 0 atom stereocenters. The number of nitrogens with zero attached hydrogens (tertiary/aromatic N) is 1. The van der Waals surface area contributed by atoms with Crippen molar-refractivity contribution in [1.29, 1.82) is 0 Å². The van der Waals surface area contributed by atoms with Crippen molar-refractivity contribution < 1.29 is 23.1 Å². The summed E-state index contributed by atoms with van der Waals surface area (Å²) in [5, 5.41) is 9.83. The number of aromatic amines is 1. The van der Waals surface area contributed by atoms with Crippen LogP contribution in [-0.4, -0.2) is 55.0 Å². The third kappa shape index (κ3) is 2.32. The molecule has 1 amide bonds. The van der Waals surface area contributed by atoms with Gasteiger partial charge in [0.25, 0.3) is 5.91 Å². The minimum atomic E-state index is -3.89. The van der Waals surface area contributed by atoms with Gasteiger partial charge in [0, 0.05) is 24.5 Å². The molecule has 0 spiro atoms. The summed E-state index contributed by atoms with van der Waals surface area (Å²) < 4.78 is 32.1. The maximum atomic E-state index is 12.9. The molecule has 2 aromatic rings. The van der Waals surface area contributed by atoms with Crippen LogP contribution in [-0.2, 0) is 14.8 Å². The number of sulfonamides is 1. The number of carbonyl (C=O) groups is 1. The molecule has 0 saturated carbocycles. The van der Waals surface area contributed by atoms with Crippen molar-refractivity contribution in [3.05, 3.63) is 23.9 Å². The molecule has 0 aliphatic carbocycles. The van der Waals surface area contributed by atoms with Crippen molar-refractivity contribution >= 4 is 26.8 Å². The van der Waals surface area contributed by atoms with Gasteiger partial charge in [-0.15, -0.1) is 0 Å². The molecule has 0 bridgehead atoms. The summed E-state index contributed by atoms with van der Waals surface area (Å²) >= 11 is 0. The highest BCUT2D eigenvalue weighted by Gasteiger charge is 2.33. The fourth-order valence-corrected chi connectivity index (χ4v) is 4.27. The van der Waals surface area contributed by atoms with Gasteiger partial charge in [-0.2, -0.15) is 4.31 Å². The first-order valence-electron chi connectivity index (χ1n) is 6.63. The zero-order valence-electron chi connectivity index (χ0n) is 11.6. The summed E-state index contributed by atoms with van der Waals surface area (Å²) in [5.41, 5.74) is 5.45. The third-order valence-electron chi connectivity index (χ3n) is 3.55. The second-order valence-corrected chi connectivity index (χ2v) is 6.81. The van der Waals surface area contributed by atoms with Gasteiger partial charge in [-0.25, -0.2) is 8.42 Å². The van der Waals surface area contributed by atoms with Crippen molar-refractivity contribution in [2.45, 2.75) is 4.90 Å². The van der Waals surface area contributed by atoms with Crippen LogP contribution in [0.2, 0.25) is 0 Å². The number of phenolic OH excluding ortho intramolecular Hbond substituents is 1. The molecule has 1 fully saturated rings. The molecule has 3 rings (SSSR count). The Labute approximate surface area is 126 Å². The number of phenols is 1. The number of ether oxygens (including phenoxy) is 1. The number of rotatable bonds is 3. The molecule has 118 valence electrons. The number of primary amides is 1. The molecule has 2 heterocycles. The summed E-state index contributed by atoms with van der Waals surface area (Å²) in [6.45, 7) is 1.03. The number of morpholine rings is 1. The number of H-pyrrole nitrogens is 1. The van der Waals surface area contributed by atoms with Gasteiger partial charge in [0.05, 0.1) is 18.7 Å². The summed E-state index contributed by atoms with van der Waals surface area (Å²) in [4.78, 5) is 14.1. The SMILES string of the molecule is NC(=O)c1[nH]c2cc(O)ccc2c1S(=O)(=O)N1CCOCC1. The van der Waals surface area contributed by atoms with E-state index in [2.05, 4.69) is 4.98 Å². The Balaban J connectivity index is 2.23. The minimum absolute atomic E-state index is 0.0416. The lowest BCUT2D eigenvalue weighted by Gasteiger charge is -2.26. The summed E-state index contributed by atoms with van der Waals surface area (Å²) in [7, 11) is -3.89. The first kappa shape index (κ1) is 14.8. The van der Waals surface area contributed by atoms with Crippen LogP contribution < -0.4 is 5.73 Å². The Morgan fingerprint density at radius 1 is 1.32 bits per heavy atom. The van der Waals surface area contributed by atoms with Crippen molar-refractivity contribution in [2.75, 3.05) is 26.3 Å². The second-order valence-electron chi connectivity index (χ2n) is 4.94. The lowest BCUT2D eigenvalue weighted by atomic mass is 10.2. The van der Waals surface area contributed by atoms with E-state index in [-0.39, 0.29) is 29.4 Å². The average molecular weight is 325 g/mol. The molecule has 9 heteroatoms. The number of aromatic nitrogens is 1. The molecule has 8 nitrogen and oxygen atoms in total. The van der Waals surface area contributed by atoms with Gasteiger partial charge in [0.15, 0.2) is 0 Å². The van der Waals surface area contributed by atoms with E-state index in [1.807, 2.05) is 0 Å². The van der Waals surface area contributed by atoms with Gasteiger partial charge in [0.1, 0.15) is 16.3 Å². The Morgan fingerprint density at radius 3 is 2.64 bits per heavy atom. The Morgan fingerprint density at radius 2 is 2.00 bits per heavy atom. The van der Waals surface area contributed by atoms with E-state index in [1.165, 1.54) is 22.5 Å². The third-order valence-corrected chi connectivity index (χ3v) is 5.53. The van der Waals surface area contributed by atoms with Crippen LogP contribution in [0.1, 0.15) is 10.5 Å². The maximum Gasteiger partial charge on any atom is 0.266 e. The molecule has 0 unspecified atom stereocenters. The van der Waals surface area contributed by atoms with Crippen molar-refractivity contribution in [3.8, 4) is 5.75 Å². The standard InChI is InChI=1S/C13H15N3O5S/c14-13(18)11-12(9-2-1-8(17)7-10(9)15-11)22(19,20)16-3-5-21-6-4-16/h1-2,7,15,17H,3-6H2,(H2,14,18). The molecule has 4 N–H and O–H groups in total. The van der Waals surface area contributed by atoms with Crippen LogP contribution >= 0.6 is 0 Å². The Hall–Kier alpha value is -2.10. The number of benzene rings is 1. The number of fused-ring (bicyclic) bond motifs is 1. The van der Waals surface area contributed by atoms with Gasteiger partial charge >= 0.3 is 0 Å². The zero-order chi connectivity index (χ0) is 15.9. The Bertz CT molecular complexity index is 837. The van der Waals surface area contributed by atoms with E-state index >= 15 is 0 Å². The van der Waals surface area contributed by atoms with Gasteiger partial charge < -0.3 is 20.6 Å². The van der Waals surface area contributed by atoms with Gasteiger partial charge in [-0.05, 0) is 12.1 Å². The number of hydrogen-bond acceptors (Lipinski definition) is 5. The van der Waals surface area contributed by atoms with Gasteiger partial charge in [0.2, 0.25) is 10.0 Å². The Kier molecular flexibility index (Phi) is 3.55. The fraction of sp³-hybridized carbons (Fsp3) is 0.308. The lowest BCUT2D eigenvalue weighted by molar-refractivity contribution is 0.0730. The highest BCUT2D eigenvalue weighted by atomic mass is 32.2. The monoisotopic (exact) mass is 325 g/mol. The molecule has 1 aromatic heterocycles. The van der Waals surface area contributed by atoms with Crippen molar-refractivity contribution in [2.24, 2.45) is 5.73 Å². The second kappa shape index (κ2) is 5.27. The smallest absolute Gasteiger partial charge is 0.266 e. The molecular formula is C13H15N3O5S. The number of amides is 1. The van der Waals surface area contributed by atoms with Crippen LogP contribution in [0.3, 0.4) is 0 Å². The first-order chi connectivity index (χ1) is 10.4. The topological polar surface area (TPSA) is 126 Å². The van der Waals surface area contributed by atoms with Crippen LogP contribution in [0.5, 0.6) is 5.75 Å². The fourth-order valence-electron chi connectivity index (χ4n) is 2.52. The van der Waals surface area contributed by atoms with E-state index in [0.717, 1.165) is 0 Å². The van der Waals surface area contributed by atoms with E-state index in [1.54, 1.807) is 0 Å². The predicted molar refractivity (Wildman–Crippen MR) is 78.1 cm³/mol. The highest BCUT2D eigenvalue weighted by Crippen LogP contribution is 2.31. The minimum Gasteiger partial charge on any atom is -0.508 e. The molecule has 1 saturated heterocycles. The molecule has 1 aromatic carbocycles. The van der Waals surface area contributed by atoms with Crippen molar-refractivity contribution in [3.63, 3.8) is 0 Å². The molecular weight excluding hydrogens is 310 g/mol. The number of hydrogen-bond donors (Lipinski definition) is 3. The average Bonchev–Trinajstić information content (AvgIpc) is 2.87. The maximum absolute atomic E-state index is 12.9. The van der Waals surface area contributed by atoms with E-state index in [9.17, 15) is 18.3 Å². The number of nitrogens with two attached hydrogens (primary N) is 1. The molecule has 1 aliphatic rings. The van der Waals surface area contributed by atoms with Gasteiger partial charge in [-0.1, -0.05) is 0 Å². The lowest BCUT2D eigenvalue weighted by Crippen LogP contribution is -2.41. The molecule has 22 heavy (non-hydrogen) atoms. The van der Waals surface area contributed by atoms with Crippen LogP contribution in [0.25, 0.3) is 10.9 Å². The number of aromatic hydroxyl groups is 1. The van der Waals surface area contributed by atoms with E-state index in [0.29, 0.717) is 24.1 Å². The van der Waals surface area contributed by atoms with E-state index in [4.69, 9.17) is 10.5 Å². The molecule has 0 radical (unpaired) electrons. The zero-order valence-corrected chi connectivity index (χ0v) is 12.4. The highest BCUT2D eigenvalue weighted by molar-refractivity contribution is 7.89. The first-order valence-corrected chi connectivity index (χ1v) is 8.07. The van der Waals surface area contributed by atoms with E-state index < -0.39 is 15.9 Å². The van der Waals surface area contributed by atoms with Crippen LogP contribution in [0.4, 0.5) is 0 Å². The summed E-state index contributed by atoms with van der Waals surface area (Å²) in [6, 6.07) is 4.15. The van der Waals surface area contributed by atoms with Crippen LogP contribution in [0, 0.1) is 0 Å². The normalized spacial score (nSPS) is 16.9.